The molecule has 2 saturated heterocycles. The number of likely N-dealkylation sites (N-methyl/N-ethyl adjacent to an activating group) is 1. The zero-order valence-electron chi connectivity index (χ0n) is 17.3. The Morgan fingerprint density at radius 1 is 1.17 bits per heavy atom. The number of hydrogen-bond donors (Lipinski definition) is 2. The van der Waals surface area contributed by atoms with E-state index in [9.17, 15) is 18.0 Å². The second-order valence-corrected chi connectivity index (χ2v) is 9.86. The van der Waals surface area contributed by atoms with E-state index in [0.29, 0.717) is 26.2 Å². The highest BCUT2D eigenvalue weighted by Crippen LogP contribution is 2.26. The van der Waals surface area contributed by atoms with Crippen molar-refractivity contribution in [1.29, 1.82) is 0 Å². The lowest BCUT2D eigenvalue weighted by Crippen LogP contribution is -2.44. The van der Waals surface area contributed by atoms with E-state index in [0.717, 1.165) is 24.5 Å². The largest absolute Gasteiger partial charge is 0.378 e. The van der Waals surface area contributed by atoms with Crippen LogP contribution in [0.2, 0.25) is 0 Å². The first-order valence-electron chi connectivity index (χ1n) is 10.3. The van der Waals surface area contributed by atoms with Gasteiger partial charge in [0.1, 0.15) is 0 Å². The van der Waals surface area contributed by atoms with Crippen molar-refractivity contribution in [3.05, 3.63) is 24.3 Å². The lowest BCUT2D eigenvalue weighted by Gasteiger charge is -2.30. The number of rotatable bonds is 8. The Morgan fingerprint density at radius 3 is 2.53 bits per heavy atom. The van der Waals surface area contributed by atoms with E-state index in [1.807, 2.05) is 31.2 Å². The second kappa shape index (κ2) is 10.2. The fourth-order valence-corrected chi connectivity index (χ4v) is 5.39. The van der Waals surface area contributed by atoms with Crippen LogP contribution < -0.4 is 15.5 Å². The van der Waals surface area contributed by atoms with Crippen LogP contribution in [-0.4, -0.2) is 88.6 Å². The third-order valence-electron chi connectivity index (χ3n) is 5.31. The number of carbonyl (C=O) groups is 2. The fraction of sp³-hybridized carbons (Fsp3) is 0.600. The van der Waals surface area contributed by atoms with Gasteiger partial charge in [0.25, 0.3) is 0 Å². The van der Waals surface area contributed by atoms with Crippen LogP contribution in [0.5, 0.6) is 0 Å². The van der Waals surface area contributed by atoms with Crippen LogP contribution in [0.15, 0.2) is 24.3 Å². The van der Waals surface area contributed by atoms with Crippen molar-refractivity contribution in [3.63, 3.8) is 0 Å². The van der Waals surface area contributed by atoms with E-state index in [-0.39, 0.29) is 42.5 Å². The molecule has 0 bridgehead atoms. The summed E-state index contributed by atoms with van der Waals surface area (Å²) < 4.78 is 28.5. The van der Waals surface area contributed by atoms with Crippen LogP contribution in [-0.2, 0) is 24.2 Å². The zero-order valence-corrected chi connectivity index (χ0v) is 18.1. The molecule has 1 atom stereocenters. The molecule has 0 spiro atoms. The van der Waals surface area contributed by atoms with E-state index in [4.69, 9.17) is 4.74 Å². The van der Waals surface area contributed by atoms with Gasteiger partial charge in [-0.25, -0.2) is 8.42 Å². The smallest absolute Gasteiger partial charge is 0.238 e. The monoisotopic (exact) mass is 438 g/mol. The number of carbonyl (C=O) groups excluding carboxylic acids is 2. The molecule has 166 valence electrons. The van der Waals surface area contributed by atoms with Crippen molar-refractivity contribution < 1.29 is 22.7 Å². The average molecular weight is 439 g/mol. The molecule has 1 aromatic carbocycles. The van der Waals surface area contributed by atoms with Crippen molar-refractivity contribution in [2.75, 3.05) is 67.7 Å². The average Bonchev–Trinajstić information content (AvgIpc) is 3.06. The highest BCUT2D eigenvalue weighted by Gasteiger charge is 2.29. The lowest BCUT2D eigenvalue weighted by molar-refractivity contribution is -0.123. The standard InChI is InChI=1S/C20H30N4O5S/c1-2-23(13-19(25)21-16-7-12-30(27,28)15-16)14-20(26)22-17-5-3-4-6-18(17)24-8-10-29-11-9-24/h3-6,16H,2,7-15H2,1H3,(H,21,25)(H,22,26)/t16-/m1/s1. The minimum Gasteiger partial charge on any atom is -0.378 e. The third kappa shape index (κ3) is 6.41. The Labute approximate surface area is 177 Å². The molecule has 0 radical (unpaired) electrons. The van der Waals surface area contributed by atoms with Gasteiger partial charge in [-0.15, -0.1) is 0 Å². The summed E-state index contributed by atoms with van der Waals surface area (Å²) in [5.41, 5.74) is 1.69. The van der Waals surface area contributed by atoms with E-state index >= 15 is 0 Å². The second-order valence-electron chi connectivity index (χ2n) is 7.64. The minimum atomic E-state index is -3.05. The molecule has 0 unspecified atom stereocenters. The van der Waals surface area contributed by atoms with Gasteiger partial charge in [-0.1, -0.05) is 19.1 Å². The first-order chi connectivity index (χ1) is 14.4. The van der Waals surface area contributed by atoms with Gasteiger partial charge < -0.3 is 20.3 Å². The molecular formula is C20H30N4O5S. The van der Waals surface area contributed by atoms with Crippen LogP contribution in [0.3, 0.4) is 0 Å². The highest BCUT2D eigenvalue weighted by atomic mass is 32.2. The summed E-state index contributed by atoms with van der Waals surface area (Å²) in [6.07, 6.45) is 0.443. The number of morpholine rings is 1. The number of nitrogens with one attached hydrogen (secondary N) is 2. The van der Waals surface area contributed by atoms with Gasteiger partial charge in [-0.2, -0.15) is 0 Å². The molecule has 1 aromatic rings. The number of benzene rings is 1. The number of hydrogen-bond acceptors (Lipinski definition) is 7. The first-order valence-corrected chi connectivity index (χ1v) is 12.1. The molecule has 30 heavy (non-hydrogen) atoms. The molecule has 2 aliphatic rings. The van der Waals surface area contributed by atoms with Gasteiger partial charge in [0.2, 0.25) is 11.8 Å². The van der Waals surface area contributed by atoms with E-state index in [1.165, 1.54) is 0 Å². The van der Waals surface area contributed by atoms with Crippen LogP contribution in [0.25, 0.3) is 0 Å². The maximum atomic E-state index is 12.6. The van der Waals surface area contributed by atoms with Gasteiger partial charge in [0.15, 0.2) is 9.84 Å². The lowest BCUT2D eigenvalue weighted by atomic mass is 10.2. The zero-order chi connectivity index (χ0) is 21.6. The van der Waals surface area contributed by atoms with Gasteiger partial charge in [-0.05, 0) is 25.1 Å². The molecule has 2 aliphatic heterocycles. The van der Waals surface area contributed by atoms with Crippen molar-refractivity contribution in [1.82, 2.24) is 10.2 Å². The summed E-state index contributed by atoms with van der Waals surface area (Å²) in [6, 6.07) is 7.32. The number of amides is 2. The van der Waals surface area contributed by atoms with Gasteiger partial charge in [0, 0.05) is 19.1 Å². The Morgan fingerprint density at radius 2 is 1.87 bits per heavy atom. The fourth-order valence-electron chi connectivity index (χ4n) is 3.72. The molecule has 10 heteroatoms. The summed E-state index contributed by atoms with van der Waals surface area (Å²) in [7, 11) is -3.05. The Bertz CT molecular complexity index is 855. The molecule has 2 fully saturated rings. The first kappa shape index (κ1) is 22.5. The molecule has 9 nitrogen and oxygen atoms in total. The number of nitrogens with zero attached hydrogens (tertiary/aromatic N) is 2. The van der Waals surface area contributed by atoms with Crippen molar-refractivity contribution >= 4 is 33.0 Å². The predicted molar refractivity (Wildman–Crippen MR) is 115 cm³/mol. The minimum absolute atomic E-state index is 0.0102. The summed E-state index contributed by atoms with van der Waals surface area (Å²) in [5.74, 6) is -0.362. The van der Waals surface area contributed by atoms with Crippen molar-refractivity contribution in [2.45, 2.75) is 19.4 Å². The van der Waals surface area contributed by atoms with Crippen LogP contribution in [0.1, 0.15) is 13.3 Å². The van der Waals surface area contributed by atoms with Gasteiger partial charge >= 0.3 is 0 Å². The number of para-hydroxylation sites is 2. The highest BCUT2D eigenvalue weighted by molar-refractivity contribution is 7.91. The van der Waals surface area contributed by atoms with E-state index in [1.54, 1.807) is 4.90 Å². The topological polar surface area (TPSA) is 108 Å². The van der Waals surface area contributed by atoms with Crippen LogP contribution in [0, 0.1) is 0 Å². The van der Waals surface area contributed by atoms with Crippen LogP contribution >= 0.6 is 0 Å². The number of anilines is 2. The molecule has 2 N–H and O–H groups in total. The van der Waals surface area contributed by atoms with Gasteiger partial charge in [-0.3, -0.25) is 14.5 Å². The Balaban J connectivity index is 1.52. The summed E-state index contributed by atoms with van der Waals surface area (Å²) in [4.78, 5) is 28.8. The SMILES string of the molecule is CCN(CC(=O)Nc1ccccc1N1CCOCC1)CC(=O)N[C@@H]1CCS(=O)(=O)C1. The van der Waals surface area contributed by atoms with E-state index in [2.05, 4.69) is 15.5 Å². The molecule has 0 aromatic heterocycles. The number of sulfone groups is 1. The summed E-state index contributed by atoms with van der Waals surface area (Å²) in [5, 5.41) is 5.72. The van der Waals surface area contributed by atoms with Gasteiger partial charge in [0.05, 0.1) is 49.2 Å². The summed E-state index contributed by atoms with van der Waals surface area (Å²) in [6.45, 7) is 5.37. The van der Waals surface area contributed by atoms with Crippen LogP contribution in [0.4, 0.5) is 11.4 Å². The predicted octanol–water partition coefficient (Wildman–Crippen LogP) is 0.0869. The Hall–Kier alpha value is -2.17. The molecular weight excluding hydrogens is 408 g/mol. The summed E-state index contributed by atoms with van der Waals surface area (Å²) >= 11 is 0. The maximum Gasteiger partial charge on any atom is 0.238 e. The molecule has 0 saturated carbocycles. The third-order valence-corrected chi connectivity index (χ3v) is 7.08. The normalized spacial score (nSPS) is 20.9. The number of ether oxygens (including phenoxy) is 1. The molecule has 0 aliphatic carbocycles. The van der Waals surface area contributed by atoms with E-state index < -0.39 is 9.84 Å². The molecule has 2 heterocycles. The Kier molecular flexibility index (Phi) is 7.68. The van der Waals surface area contributed by atoms with Crippen molar-refractivity contribution in [2.24, 2.45) is 0 Å². The maximum absolute atomic E-state index is 12.6. The van der Waals surface area contributed by atoms with Crippen molar-refractivity contribution in [3.8, 4) is 0 Å². The quantitative estimate of drug-likeness (QED) is 0.592. The molecule has 2 amide bonds. The molecule has 3 rings (SSSR count).